The number of aromatic nitrogens is 2. The van der Waals surface area contributed by atoms with Gasteiger partial charge in [0.25, 0.3) is 0 Å². The maximum atomic E-state index is 11.3. The largest absolute Gasteiger partial charge is 0.392 e. The van der Waals surface area contributed by atoms with Crippen LogP contribution in [0, 0.1) is 0 Å². The summed E-state index contributed by atoms with van der Waals surface area (Å²) in [5, 5.41) is 12.4. The van der Waals surface area contributed by atoms with E-state index in [-0.39, 0.29) is 18.3 Å². The van der Waals surface area contributed by atoms with Crippen molar-refractivity contribution in [3.63, 3.8) is 0 Å². The number of hydrogen-bond donors (Lipinski definition) is 4. The summed E-state index contributed by atoms with van der Waals surface area (Å²) in [5.41, 5.74) is 4.39. The molecule has 5 nitrogen and oxygen atoms in total. The van der Waals surface area contributed by atoms with Gasteiger partial charge in [0.2, 0.25) is 0 Å². The lowest BCUT2D eigenvalue weighted by atomic mass is 10.1. The molecule has 1 heterocycles. The molecule has 0 radical (unpaired) electrons. The number of anilines is 1. The molecule has 108 valence electrons. The molecule has 1 unspecified atom stereocenters. The maximum absolute atomic E-state index is 11.3. The summed E-state index contributed by atoms with van der Waals surface area (Å²) in [4.78, 5) is 16.8. The van der Waals surface area contributed by atoms with Crippen LogP contribution in [0.1, 0.15) is 24.1 Å². The van der Waals surface area contributed by atoms with Gasteiger partial charge in [0.1, 0.15) is 0 Å². The molecule has 0 fully saturated rings. The first kappa shape index (κ1) is 13.5. The zero-order valence-corrected chi connectivity index (χ0v) is 11.7. The molecular formula is C16H17N3O2. The summed E-state index contributed by atoms with van der Waals surface area (Å²) in [5.74, 6) is 0. The predicted molar refractivity (Wildman–Crippen MR) is 83.3 cm³/mol. The highest BCUT2D eigenvalue weighted by molar-refractivity contribution is 5.75. The Morgan fingerprint density at radius 3 is 2.52 bits per heavy atom. The molecule has 0 saturated heterocycles. The molecule has 1 aromatic heterocycles. The van der Waals surface area contributed by atoms with Crippen molar-refractivity contribution in [1.82, 2.24) is 9.97 Å². The van der Waals surface area contributed by atoms with E-state index in [1.807, 2.05) is 42.5 Å². The SMILES string of the molecule is CC(Nc1ccc(CO)cc1)c1ccc2[nH]c(=O)[nH]c2c1. The van der Waals surface area contributed by atoms with Gasteiger partial charge in [-0.3, -0.25) is 0 Å². The Bertz CT molecular complexity index is 802. The Morgan fingerprint density at radius 2 is 1.81 bits per heavy atom. The van der Waals surface area contributed by atoms with Crippen LogP contribution in [0.4, 0.5) is 5.69 Å². The third kappa shape index (κ3) is 2.83. The summed E-state index contributed by atoms with van der Waals surface area (Å²) >= 11 is 0. The van der Waals surface area contributed by atoms with E-state index in [0.717, 1.165) is 27.8 Å². The molecule has 3 rings (SSSR count). The molecule has 0 amide bonds. The van der Waals surface area contributed by atoms with Crippen molar-refractivity contribution in [3.8, 4) is 0 Å². The number of aliphatic hydroxyl groups excluding tert-OH is 1. The summed E-state index contributed by atoms with van der Waals surface area (Å²) in [6.45, 7) is 2.11. The van der Waals surface area contributed by atoms with Gasteiger partial charge >= 0.3 is 5.69 Å². The van der Waals surface area contributed by atoms with Crippen molar-refractivity contribution in [2.45, 2.75) is 19.6 Å². The van der Waals surface area contributed by atoms with Crippen LogP contribution in [0.2, 0.25) is 0 Å². The zero-order valence-electron chi connectivity index (χ0n) is 11.7. The van der Waals surface area contributed by atoms with E-state index in [1.54, 1.807) is 0 Å². The molecule has 0 saturated carbocycles. The molecule has 21 heavy (non-hydrogen) atoms. The molecule has 0 bridgehead atoms. The van der Waals surface area contributed by atoms with Gasteiger partial charge in [-0.05, 0) is 42.3 Å². The number of aliphatic hydroxyl groups is 1. The second-order valence-corrected chi connectivity index (χ2v) is 5.11. The number of aromatic amines is 2. The summed E-state index contributed by atoms with van der Waals surface area (Å²) in [6, 6.07) is 13.6. The average molecular weight is 283 g/mol. The smallest absolute Gasteiger partial charge is 0.323 e. The molecule has 3 aromatic rings. The van der Waals surface area contributed by atoms with Crippen molar-refractivity contribution in [2.75, 3.05) is 5.32 Å². The van der Waals surface area contributed by atoms with Gasteiger partial charge in [-0.25, -0.2) is 4.79 Å². The molecule has 0 spiro atoms. The molecule has 0 aliphatic rings. The van der Waals surface area contributed by atoms with Crippen LogP contribution in [0.15, 0.2) is 47.3 Å². The minimum atomic E-state index is -0.192. The first-order valence-corrected chi connectivity index (χ1v) is 6.84. The van der Waals surface area contributed by atoms with E-state index < -0.39 is 0 Å². The Hall–Kier alpha value is -2.53. The lowest BCUT2D eigenvalue weighted by Gasteiger charge is -2.16. The molecule has 1 atom stereocenters. The molecule has 0 aliphatic carbocycles. The number of rotatable bonds is 4. The van der Waals surface area contributed by atoms with Gasteiger partial charge in [-0.15, -0.1) is 0 Å². The van der Waals surface area contributed by atoms with E-state index in [9.17, 15) is 4.79 Å². The number of benzene rings is 2. The predicted octanol–water partition coefficient (Wildman–Crippen LogP) is 2.52. The van der Waals surface area contributed by atoms with Crippen LogP contribution in [0.3, 0.4) is 0 Å². The third-order valence-electron chi connectivity index (χ3n) is 3.56. The van der Waals surface area contributed by atoms with Crippen LogP contribution in [-0.2, 0) is 6.61 Å². The topological polar surface area (TPSA) is 80.9 Å². The number of hydrogen-bond acceptors (Lipinski definition) is 3. The van der Waals surface area contributed by atoms with Crippen LogP contribution >= 0.6 is 0 Å². The standard InChI is InChI=1S/C16H17N3O2/c1-10(17-13-5-2-11(9-20)3-6-13)12-4-7-14-15(8-12)19-16(21)18-14/h2-8,10,17,20H,9H2,1H3,(H2,18,19,21). The van der Waals surface area contributed by atoms with Crippen LogP contribution in [0.5, 0.6) is 0 Å². The van der Waals surface area contributed by atoms with Gasteiger partial charge in [0.05, 0.1) is 17.6 Å². The first-order chi connectivity index (χ1) is 10.2. The second-order valence-electron chi connectivity index (χ2n) is 5.11. The number of H-pyrrole nitrogens is 2. The summed E-state index contributed by atoms with van der Waals surface area (Å²) < 4.78 is 0. The quantitative estimate of drug-likeness (QED) is 0.594. The van der Waals surface area contributed by atoms with Crippen LogP contribution in [-0.4, -0.2) is 15.1 Å². The lowest BCUT2D eigenvalue weighted by molar-refractivity contribution is 0.282. The van der Waals surface area contributed by atoms with Gasteiger partial charge < -0.3 is 20.4 Å². The van der Waals surface area contributed by atoms with Crippen molar-refractivity contribution in [3.05, 3.63) is 64.1 Å². The second kappa shape index (κ2) is 5.46. The van der Waals surface area contributed by atoms with E-state index in [0.29, 0.717) is 0 Å². The fourth-order valence-corrected chi connectivity index (χ4v) is 2.36. The van der Waals surface area contributed by atoms with Gasteiger partial charge in [-0.1, -0.05) is 18.2 Å². The first-order valence-electron chi connectivity index (χ1n) is 6.84. The fraction of sp³-hybridized carbons (Fsp3) is 0.188. The monoisotopic (exact) mass is 283 g/mol. The Morgan fingerprint density at radius 1 is 1.10 bits per heavy atom. The fourth-order valence-electron chi connectivity index (χ4n) is 2.36. The normalized spacial score (nSPS) is 12.5. The lowest BCUT2D eigenvalue weighted by Crippen LogP contribution is -2.06. The maximum Gasteiger partial charge on any atom is 0.323 e. The molecular weight excluding hydrogens is 266 g/mol. The van der Waals surface area contributed by atoms with Crippen LogP contribution < -0.4 is 11.0 Å². The van der Waals surface area contributed by atoms with Crippen LogP contribution in [0.25, 0.3) is 11.0 Å². The number of imidazole rings is 1. The van der Waals surface area contributed by atoms with Gasteiger partial charge in [0, 0.05) is 11.7 Å². The van der Waals surface area contributed by atoms with E-state index in [1.165, 1.54) is 0 Å². The van der Waals surface area contributed by atoms with E-state index in [2.05, 4.69) is 22.2 Å². The van der Waals surface area contributed by atoms with Crippen molar-refractivity contribution < 1.29 is 5.11 Å². The Balaban J connectivity index is 1.81. The minimum absolute atomic E-state index is 0.0490. The summed E-state index contributed by atoms with van der Waals surface area (Å²) in [7, 11) is 0. The van der Waals surface area contributed by atoms with Crippen molar-refractivity contribution in [1.29, 1.82) is 0 Å². The Kier molecular flexibility index (Phi) is 3.50. The molecule has 4 N–H and O–H groups in total. The number of nitrogens with one attached hydrogen (secondary N) is 3. The van der Waals surface area contributed by atoms with Crippen molar-refractivity contribution >= 4 is 16.7 Å². The van der Waals surface area contributed by atoms with E-state index >= 15 is 0 Å². The third-order valence-corrected chi connectivity index (χ3v) is 3.56. The highest BCUT2D eigenvalue weighted by Crippen LogP contribution is 2.21. The molecule has 5 heteroatoms. The highest BCUT2D eigenvalue weighted by Gasteiger charge is 2.07. The minimum Gasteiger partial charge on any atom is -0.392 e. The number of fused-ring (bicyclic) bond motifs is 1. The zero-order chi connectivity index (χ0) is 14.8. The van der Waals surface area contributed by atoms with Gasteiger partial charge in [0.15, 0.2) is 0 Å². The molecule has 0 aliphatic heterocycles. The summed E-state index contributed by atoms with van der Waals surface area (Å²) in [6.07, 6.45) is 0. The Labute approximate surface area is 121 Å². The molecule has 2 aromatic carbocycles. The van der Waals surface area contributed by atoms with E-state index in [4.69, 9.17) is 5.11 Å². The highest BCUT2D eigenvalue weighted by atomic mass is 16.3. The van der Waals surface area contributed by atoms with Gasteiger partial charge in [-0.2, -0.15) is 0 Å². The average Bonchev–Trinajstić information content (AvgIpc) is 2.87. The van der Waals surface area contributed by atoms with Crippen molar-refractivity contribution in [2.24, 2.45) is 0 Å².